The van der Waals surface area contributed by atoms with Gasteiger partial charge in [0.15, 0.2) is 12.4 Å². The van der Waals surface area contributed by atoms with E-state index < -0.39 is 5.54 Å². The lowest BCUT2D eigenvalue weighted by molar-refractivity contribution is 0.241. The van der Waals surface area contributed by atoms with E-state index in [9.17, 15) is 0 Å². The summed E-state index contributed by atoms with van der Waals surface area (Å²) in [6.07, 6.45) is 4.07. The highest BCUT2D eigenvalue weighted by atomic mass is 79.9. The minimum absolute atomic E-state index is 0.250. The van der Waals surface area contributed by atoms with Crippen molar-refractivity contribution < 1.29 is 9.26 Å². The van der Waals surface area contributed by atoms with Crippen molar-refractivity contribution in [1.29, 1.82) is 0 Å². The van der Waals surface area contributed by atoms with Crippen molar-refractivity contribution in [2.75, 3.05) is 0 Å². The predicted molar refractivity (Wildman–Crippen MR) is 77.1 cm³/mol. The molecule has 0 radical (unpaired) electrons. The molecule has 2 N–H and O–H groups in total. The summed E-state index contributed by atoms with van der Waals surface area (Å²) in [7, 11) is 0. The molecule has 0 saturated heterocycles. The summed E-state index contributed by atoms with van der Waals surface area (Å²) < 4.78 is 11.8. The van der Waals surface area contributed by atoms with Crippen molar-refractivity contribution in [2.24, 2.45) is 5.73 Å². The first kappa shape index (κ1) is 13.6. The van der Waals surface area contributed by atoms with E-state index in [1.54, 1.807) is 0 Å². The van der Waals surface area contributed by atoms with Gasteiger partial charge in [-0.05, 0) is 31.0 Å². The Kier molecular flexibility index (Phi) is 3.76. The number of hydrogen-bond acceptors (Lipinski definition) is 5. The molecule has 1 aromatic carbocycles. The molecule has 1 aliphatic rings. The van der Waals surface area contributed by atoms with Crippen LogP contribution in [0.1, 0.15) is 37.4 Å². The second kappa shape index (κ2) is 5.54. The number of nitrogens with zero attached hydrogens (tertiary/aromatic N) is 2. The Labute approximate surface area is 125 Å². The number of nitrogens with two attached hydrogens (primary N) is 1. The van der Waals surface area contributed by atoms with Crippen molar-refractivity contribution >= 4 is 15.9 Å². The molecule has 20 heavy (non-hydrogen) atoms. The fraction of sp³-hybridized carbons (Fsp3) is 0.429. The molecule has 0 aliphatic heterocycles. The van der Waals surface area contributed by atoms with E-state index in [1.807, 2.05) is 24.3 Å². The first-order valence-corrected chi connectivity index (χ1v) is 7.45. The number of benzene rings is 1. The second-order valence-electron chi connectivity index (χ2n) is 5.12. The van der Waals surface area contributed by atoms with Crippen molar-refractivity contribution in [3.05, 3.63) is 40.5 Å². The Morgan fingerprint density at radius 3 is 2.90 bits per heavy atom. The maximum absolute atomic E-state index is 6.29. The average Bonchev–Trinajstić information content (AvgIpc) is 3.06. The zero-order chi connectivity index (χ0) is 14.0. The van der Waals surface area contributed by atoms with Gasteiger partial charge in [0.25, 0.3) is 5.89 Å². The summed E-state index contributed by atoms with van der Waals surface area (Å²) >= 11 is 3.40. The average molecular weight is 338 g/mol. The Bertz CT molecular complexity index is 594. The summed E-state index contributed by atoms with van der Waals surface area (Å²) in [5.41, 5.74) is 5.87. The molecule has 0 amide bonds. The van der Waals surface area contributed by atoms with E-state index in [2.05, 4.69) is 26.1 Å². The number of halogens is 1. The van der Waals surface area contributed by atoms with E-state index in [0.717, 1.165) is 35.9 Å². The number of rotatable bonds is 4. The Morgan fingerprint density at radius 2 is 2.15 bits per heavy atom. The van der Waals surface area contributed by atoms with Crippen molar-refractivity contribution in [3.8, 4) is 5.75 Å². The fourth-order valence-electron chi connectivity index (χ4n) is 2.45. The van der Waals surface area contributed by atoms with Gasteiger partial charge in [0.05, 0.1) is 5.54 Å². The largest absolute Gasteiger partial charge is 0.484 e. The quantitative estimate of drug-likeness (QED) is 0.927. The molecule has 1 aromatic heterocycles. The van der Waals surface area contributed by atoms with Crippen LogP contribution in [-0.2, 0) is 12.1 Å². The Balaban J connectivity index is 1.65. The van der Waals surface area contributed by atoms with Crippen LogP contribution in [0.3, 0.4) is 0 Å². The van der Waals surface area contributed by atoms with Gasteiger partial charge in [0.2, 0.25) is 0 Å². The minimum atomic E-state index is -0.419. The van der Waals surface area contributed by atoms with Gasteiger partial charge in [-0.25, -0.2) is 0 Å². The molecule has 2 aromatic rings. The zero-order valence-corrected chi connectivity index (χ0v) is 12.6. The van der Waals surface area contributed by atoms with E-state index >= 15 is 0 Å². The smallest absolute Gasteiger partial charge is 0.264 e. The van der Waals surface area contributed by atoms with Crippen LogP contribution < -0.4 is 10.5 Å². The highest BCUT2D eigenvalue weighted by Crippen LogP contribution is 2.34. The van der Waals surface area contributed by atoms with Crippen LogP contribution in [0.2, 0.25) is 0 Å². The van der Waals surface area contributed by atoms with Gasteiger partial charge in [0, 0.05) is 4.47 Å². The summed E-state index contributed by atoms with van der Waals surface area (Å²) in [4.78, 5) is 4.36. The standard InChI is InChI=1S/C14H16BrN3O2/c15-10-4-3-5-11(8-10)19-9-12-17-13(18-20-12)14(16)6-1-2-7-14/h3-5,8H,1-2,6-7,9,16H2. The molecule has 3 rings (SSSR count). The highest BCUT2D eigenvalue weighted by molar-refractivity contribution is 9.10. The molecule has 5 nitrogen and oxygen atoms in total. The third-order valence-electron chi connectivity index (χ3n) is 3.57. The Hall–Kier alpha value is -1.40. The molecule has 0 bridgehead atoms. The Morgan fingerprint density at radius 1 is 1.35 bits per heavy atom. The van der Waals surface area contributed by atoms with Crippen molar-refractivity contribution in [1.82, 2.24) is 10.1 Å². The maximum Gasteiger partial charge on any atom is 0.264 e. The minimum Gasteiger partial charge on any atom is -0.484 e. The normalized spacial score (nSPS) is 17.3. The van der Waals surface area contributed by atoms with Crippen molar-refractivity contribution in [2.45, 2.75) is 37.8 Å². The molecular formula is C14H16BrN3O2. The molecule has 1 saturated carbocycles. The zero-order valence-electron chi connectivity index (χ0n) is 11.0. The van der Waals surface area contributed by atoms with Crippen LogP contribution in [0.25, 0.3) is 0 Å². The van der Waals surface area contributed by atoms with Crippen LogP contribution >= 0.6 is 15.9 Å². The monoisotopic (exact) mass is 337 g/mol. The molecule has 1 aliphatic carbocycles. The van der Waals surface area contributed by atoms with Gasteiger partial charge < -0.3 is 15.0 Å². The van der Waals surface area contributed by atoms with E-state index in [1.165, 1.54) is 0 Å². The van der Waals surface area contributed by atoms with E-state index in [0.29, 0.717) is 11.7 Å². The molecule has 1 heterocycles. The van der Waals surface area contributed by atoms with Gasteiger partial charge in [-0.15, -0.1) is 0 Å². The van der Waals surface area contributed by atoms with Crippen LogP contribution in [0, 0.1) is 0 Å². The lowest BCUT2D eigenvalue weighted by Crippen LogP contribution is -2.34. The topological polar surface area (TPSA) is 74.2 Å². The molecule has 0 spiro atoms. The third-order valence-corrected chi connectivity index (χ3v) is 4.06. The van der Waals surface area contributed by atoms with Gasteiger partial charge in [-0.1, -0.05) is 40.0 Å². The third kappa shape index (κ3) is 2.86. The summed E-state index contributed by atoms with van der Waals surface area (Å²) in [6, 6.07) is 7.62. The maximum atomic E-state index is 6.29. The van der Waals surface area contributed by atoms with Gasteiger partial charge in [-0.3, -0.25) is 0 Å². The van der Waals surface area contributed by atoms with Crippen LogP contribution in [0.4, 0.5) is 0 Å². The predicted octanol–water partition coefficient (Wildman–Crippen LogP) is 3.14. The molecule has 6 heteroatoms. The summed E-state index contributed by atoms with van der Waals surface area (Å²) in [6.45, 7) is 0.250. The number of hydrogen-bond donors (Lipinski definition) is 1. The van der Waals surface area contributed by atoms with Gasteiger partial charge >= 0.3 is 0 Å². The highest BCUT2D eigenvalue weighted by Gasteiger charge is 2.35. The van der Waals surface area contributed by atoms with Crippen molar-refractivity contribution in [3.63, 3.8) is 0 Å². The van der Waals surface area contributed by atoms with E-state index in [4.69, 9.17) is 15.0 Å². The van der Waals surface area contributed by atoms with E-state index in [-0.39, 0.29) is 6.61 Å². The lowest BCUT2D eigenvalue weighted by Gasteiger charge is -2.17. The molecule has 0 atom stereocenters. The lowest BCUT2D eigenvalue weighted by atomic mass is 9.99. The molecular weight excluding hydrogens is 322 g/mol. The SMILES string of the molecule is NC1(c2noc(COc3cccc(Br)c3)n2)CCCC1. The van der Waals surface area contributed by atoms with Crippen LogP contribution in [-0.4, -0.2) is 10.1 Å². The first-order chi connectivity index (χ1) is 9.66. The number of aromatic nitrogens is 2. The number of ether oxygens (including phenoxy) is 1. The van der Waals surface area contributed by atoms with Gasteiger partial charge in [-0.2, -0.15) is 4.98 Å². The van der Waals surface area contributed by atoms with Crippen LogP contribution in [0.15, 0.2) is 33.3 Å². The summed E-state index contributed by atoms with van der Waals surface area (Å²) in [5.74, 6) is 1.81. The first-order valence-electron chi connectivity index (χ1n) is 6.66. The molecule has 106 valence electrons. The van der Waals surface area contributed by atoms with Crippen LogP contribution in [0.5, 0.6) is 5.75 Å². The van der Waals surface area contributed by atoms with Gasteiger partial charge in [0.1, 0.15) is 5.75 Å². The fourth-order valence-corrected chi connectivity index (χ4v) is 2.83. The summed E-state index contributed by atoms with van der Waals surface area (Å²) in [5, 5.41) is 4.00. The molecule has 0 unspecified atom stereocenters. The second-order valence-corrected chi connectivity index (χ2v) is 6.04. The molecule has 1 fully saturated rings.